The standard InChI is InChI=1S/C15H30O4Si/c1-9-14(17-15(16)10-2)13(7)20(8,18-11(3)4)19-12(5)6/h10-14H,2,9H2,1,3-8H3. The SMILES string of the molecule is C=CC(=O)OC(CC)C(C)[Si](C)(OC(C)C)OC(C)C. The number of ether oxygens (including phenoxy) is 1. The topological polar surface area (TPSA) is 44.8 Å². The van der Waals surface area contributed by atoms with Crippen LogP contribution in [0, 0.1) is 0 Å². The normalized spacial score (nSPS) is 15.2. The third-order valence-electron chi connectivity index (χ3n) is 3.16. The lowest BCUT2D eigenvalue weighted by molar-refractivity contribution is -0.143. The lowest BCUT2D eigenvalue weighted by Gasteiger charge is -2.38. The van der Waals surface area contributed by atoms with Crippen LogP contribution in [0.5, 0.6) is 0 Å². The highest BCUT2D eigenvalue weighted by Crippen LogP contribution is 2.33. The van der Waals surface area contributed by atoms with E-state index in [-0.39, 0.29) is 23.9 Å². The van der Waals surface area contributed by atoms with Crippen LogP contribution >= 0.6 is 0 Å². The minimum Gasteiger partial charge on any atom is -0.459 e. The smallest absolute Gasteiger partial charge is 0.342 e. The summed E-state index contributed by atoms with van der Waals surface area (Å²) in [5.41, 5.74) is 0.0428. The van der Waals surface area contributed by atoms with Crippen LogP contribution < -0.4 is 0 Å². The van der Waals surface area contributed by atoms with Crippen molar-refractivity contribution in [3.8, 4) is 0 Å². The van der Waals surface area contributed by atoms with Gasteiger partial charge in [0.2, 0.25) is 0 Å². The first-order chi connectivity index (χ1) is 9.16. The first-order valence-corrected chi connectivity index (χ1v) is 9.74. The number of rotatable bonds is 9. The molecule has 0 aromatic heterocycles. The molecule has 2 unspecified atom stereocenters. The van der Waals surface area contributed by atoms with Gasteiger partial charge in [0.05, 0.1) is 0 Å². The summed E-state index contributed by atoms with van der Waals surface area (Å²) < 4.78 is 17.7. The number of carbonyl (C=O) groups excluding carboxylic acids is 1. The Bertz CT molecular complexity index is 305. The summed E-state index contributed by atoms with van der Waals surface area (Å²) in [4.78, 5) is 11.5. The van der Waals surface area contributed by atoms with Crippen molar-refractivity contribution in [3.63, 3.8) is 0 Å². The summed E-state index contributed by atoms with van der Waals surface area (Å²) in [6.07, 6.45) is 1.88. The van der Waals surface area contributed by atoms with E-state index < -0.39 is 14.5 Å². The molecule has 0 spiro atoms. The quantitative estimate of drug-likeness (QED) is 0.369. The molecule has 0 aliphatic carbocycles. The summed E-state index contributed by atoms with van der Waals surface area (Å²) in [6, 6.07) is 0. The maximum atomic E-state index is 11.5. The van der Waals surface area contributed by atoms with E-state index >= 15 is 0 Å². The van der Waals surface area contributed by atoms with Crippen LogP contribution in [0.3, 0.4) is 0 Å². The summed E-state index contributed by atoms with van der Waals surface area (Å²) in [7, 11) is -2.45. The highest BCUT2D eigenvalue weighted by Gasteiger charge is 2.45. The first-order valence-electron chi connectivity index (χ1n) is 7.34. The first kappa shape index (κ1) is 19.3. The molecule has 0 radical (unpaired) electrons. The largest absolute Gasteiger partial charge is 0.459 e. The minimum atomic E-state index is -2.45. The van der Waals surface area contributed by atoms with Gasteiger partial charge in [-0.2, -0.15) is 0 Å². The molecule has 2 atom stereocenters. The predicted molar refractivity (Wildman–Crippen MR) is 83.9 cm³/mol. The third kappa shape index (κ3) is 6.20. The van der Waals surface area contributed by atoms with Crippen molar-refractivity contribution < 1.29 is 18.4 Å². The molecule has 0 fully saturated rings. The van der Waals surface area contributed by atoms with Crippen LogP contribution in [-0.4, -0.2) is 32.8 Å². The van der Waals surface area contributed by atoms with Gasteiger partial charge in [-0.25, -0.2) is 4.79 Å². The number of carbonyl (C=O) groups is 1. The Morgan fingerprint density at radius 3 is 1.90 bits per heavy atom. The van der Waals surface area contributed by atoms with Crippen LogP contribution in [0.2, 0.25) is 12.1 Å². The Kier molecular flexibility index (Phi) is 8.31. The highest BCUT2D eigenvalue weighted by molar-refractivity contribution is 6.67. The Hall–Kier alpha value is -0.653. The van der Waals surface area contributed by atoms with E-state index in [0.29, 0.717) is 0 Å². The van der Waals surface area contributed by atoms with Crippen molar-refractivity contribution in [2.75, 3.05) is 0 Å². The molecular weight excluding hydrogens is 272 g/mol. The predicted octanol–water partition coefficient (Wildman–Crippen LogP) is 3.81. The van der Waals surface area contributed by atoms with Crippen molar-refractivity contribution in [2.24, 2.45) is 0 Å². The molecule has 0 saturated heterocycles. The average Bonchev–Trinajstić information content (AvgIpc) is 2.32. The van der Waals surface area contributed by atoms with Crippen molar-refractivity contribution in [1.29, 1.82) is 0 Å². The van der Waals surface area contributed by atoms with Gasteiger partial charge in [-0.3, -0.25) is 0 Å². The van der Waals surface area contributed by atoms with Gasteiger partial charge in [-0.05, 0) is 40.7 Å². The van der Waals surface area contributed by atoms with Gasteiger partial charge < -0.3 is 13.6 Å². The van der Waals surface area contributed by atoms with Crippen molar-refractivity contribution in [1.82, 2.24) is 0 Å². The van der Waals surface area contributed by atoms with Crippen LogP contribution in [-0.2, 0) is 18.4 Å². The van der Waals surface area contributed by atoms with Crippen LogP contribution in [0.15, 0.2) is 12.7 Å². The van der Waals surface area contributed by atoms with Gasteiger partial charge in [-0.1, -0.05) is 20.4 Å². The third-order valence-corrected chi connectivity index (χ3v) is 7.07. The molecule has 118 valence electrons. The monoisotopic (exact) mass is 302 g/mol. The lowest BCUT2D eigenvalue weighted by Crippen LogP contribution is -2.50. The zero-order valence-corrected chi connectivity index (χ0v) is 14.9. The minimum absolute atomic E-state index is 0.0428. The molecular formula is C15H30O4Si. The summed E-state index contributed by atoms with van der Waals surface area (Å²) in [6.45, 7) is 17.5. The second-order valence-electron chi connectivity index (χ2n) is 5.73. The van der Waals surface area contributed by atoms with E-state index in [0.717, 1.165) is 6.42 Å². The average molecular weight is 302 g/mol. The van der Waals surface area contributed by atoms with Gasteiger partial charge in [0.15, 0.2) is 0 Å². The molecule has 0 rings (SSSR count). The van der Waals surface area contributed by atoms with Gasteiger partial charge in [0.25, 0.3) is 0 Å². The fourth-order valence-corrected chi connectivity index (χ4v) is 5.59. The highest BCUT2D eigenvalue weighted by atomic mass is 28.4. The molecule has 0 aliphatic heterocycles. The molecule has 0 saturated carbocycles. The Morgan fingerprint density at radius 2 is 1.60 bits per heavy atom. The molecule has 0 aromatic carbocycles. The van der Waals surface area contributed by atoms with E-state index in [2.05, 4.69) is 6.58 Å². The van der Waals surface area contributed by atoms with E-state index in [1.165, 1.54) is 6.08 Å². The summed E-state index contributed by atoms with van der Waals surface area (Å²) >= 11 is 0. The Balaban J connectivity index is 5.10. The zero-order chi connectivity index (χ0) is 15.9. The molecule has 0 bridgehead atoms. The molecule has 0 heterocycles. The van der Waals surface area contributed by atoms with Gasteiger partial charge in [0.1, 0.15) is 6.10 Å². The fraction of sp³-hybridized carbons (Fsp3) is 0.800. The Labute approximate surface area is 124 Å². The van der Waals surface area contributed by atoms with Crippen LogP contribution in [0.1, 0.15) is 48.0 Å². The zero-order valence-electron chi connectivity index (χ0n) is 13.9. The molecule has 0 N–H and O–H groups in total. The number of hydrogen-bond acceptors (Lipinski definition) is 4. The summed E-state index contributed by atoms with van der Waals surface area (Å²) in [5, 5.41) is 0. The second-order valence-corrected chi connectivity index (χ2v) is 9.14. The van der Waals surface area contributed by atoms with Crippen molar-refractivity contribution >= 4 is 14.5 Å². The maximum absolute atomic E-state index is 11.5. The van der Waals surface area contributed by atoms with Crippen molar-refractivity contribution in [2.45, 2.75) is 78.4 Å². The van der Waals surface area contributed by atoms with Crippen LogP contribution in [0.4, 0.5) is 0 Å². The fourth-order valence-electron chi connectivity index (χ4n) is 2.25. The van der Waals surface area contributed by atoms with Gasteiger partial charge in [0, 0.05) is 23.8 Å². The molecule has 5 heteroatoms. The van der Waals surface area contributed by atoms with E-state index in [4.69, 9.17) is 13.6 Å². The Morgan fingerprint density at radius 1 is 1.15 bits per heavy atom. The second kappa shape index (κ2) is 8.59. The van der Waals surface area contributed by atoms with E-state index in [9.17, 15) is 4.79 Å². The number of esters is 1. The van der Waals surface area contributed by atoms with Crippen LogP contribution in [0.25, 0.3) is 0 Å². The summed E-state index contributed by atoms with van der Waals surface area (Å²) in [5.74, 6) is -0.394. The van der Waals surface area contributed by atoms with Crippen molar-refractivity contribution in [3.05, 3.63) is 12.7 Å². The van der Waals surface area contributed by atoms with Gasteiger partial charge in [-0.15, -0.1) is 0 Å². The molecule has 0 aliphatic rings. The lowest BCUT2D eigenvalue weighted by atomic mass is 10.2. The van der Waals surface area contributed by atoms with E-state index in [1.54, 1.807) is 0 Å². The number of hydrogen-bond donors (Lipinski definition) is 0. The molecule has 0 amide bonds. The molecule has 4 nitrogen and oxygen atoms in total. The maximum Gasteiger partial charge on any atom is 0.342 e. The van der Waals surface area contributed by atoms with E-state index in [1.807, 2.05) is 48.1 Å². The molecule has 20 heavy (non-hydrogen) atoms. The molecule has 0 aromatic rings. The van der Waals surface area contributed by atoms with Gasteiger partial charge >= 0.3 is 14.5 Å².